The van der Waals surface area contributed by atoms with Gasteiger partial charge < -0.3 is 10.3 Å². The van der Waals surface area contributed by atoms with Gasteiger partial charge in [0.1, 0.15) is 11.5 Å². The number of benzene rings is 2. The van der Waals surface area contributed by atoms with Crippen LogP contribution in [0.3, 0.4) is 0 Å². The second-order valence-corrected chi connectivity index (χ2v) is 6.21. The van der Waals surface area contributed by atoms with E-state index in [-0.39, 0.29) is 5.82 Å². The summed E-state index contributed by atoms with van der Waals surface area (Å²) >= 11 is 0. The number of allylic oxidation sites excluding steroid dienone is 1. The maximum absolute atomic E-state index is 13.3. The number of rotatable bonds is 5. The van der Waals surface area contributed by atoms with E-state index in [1.807, 2.05) is 36.5 Å². The van der Waals surface area contributed by atoms with Crippen molar-refractivity contribution in [3.05, 3.63) is 96.7 Å². The Bertz CT molecular complexity index is 1060. The molecule has 0 radical (unpaired) electrons. The molecule has 2 aromatic heterocycles. The Hall–Kier alpha value is -3.40. The Kier molecular flexibility index (Phi) is 4.23. The number of fused-ring (bicyclic) bond motifs is 1. The summed E-state index contributed by atoms with van der Waals surface area (Å²) in [7, 11) is 0. The van der Waals surface area contributed by atoms with Gasteiger partial charge in [0, 0.05) is 35.6 Å². The van der Waals surface area contributed by atoms with Gasteiger partial charge in [0.15, 0.2) is 0 Å². The van der Waals surface area contributed by atoms with Crippen molar-refractivity contribution in [3.63, 3.8) is 0 Å². The lowest BCUT2D eigenvalue weighted by molar-refractivity contribution is 0.626. The van der Waals surface area contributed by atoms with Gasteiger partial charge in [0.05, 0.1) is 0 Å². The lowest BCUT2D eigenvalue weighted by Gasteiger charge is -2.11. The van der Waals surface area contributed by atoms with Crippen LogP contribution in [0.15, 0.2) is 85.3 Å². The molecular weight excluding hydrogens is 325 g/mol. The Labute approximate surface area is 151 Å². The molecule has 0 fully saturated rings. The molecule has 0 aliphatic carbocycles. The van der Waals surface area contributed by atoms with Crippen LogP contribution >= 0.6 is 0 Å². The molecule has 4 heteroatoms. The second-order valence-electron chi connectivity index (χ2n) is 6.21. The van der Waals surface area contributed by atoms with Gasteiger partial charge in [0.2, 0.25) is 0 Å². The summed E-state index contributed by atoms with van der Waals surface area (Å²) in [4.78, 5) is 7.46. The Morgan fingerprint density at radius 1 is 1.08 bits per heavy atom. The fraction of sp³-hybridized carbons (Fsp3) is 0.0455. The largest absolute Gasteiger partial charge is 0.359 e. The number of H-pyrrole nitrogens is 1. The molecule has 0 saturated carbocycles. The highest BCUT2D eigenvalue weighted by atomic mass is 19.1. The quantitative estimate of drug-likeness (QED) is 0.500. The molecule has 4 rings (SSSR count). The number of anilines is 1. The molecule has 0 spiro atoms. The smallest absolute Gasteiger partial charge is 0.137 e. The third-order valence-electron chi connectivity index (χ3n) is 4.28. The summed E-state index contributed by atoms with van der Waals surface area (Å²) in [5, 5.41) is 4.39. The normalized spacial score (nSPS) is 10.8. The van der Waals surface area contributed by atoms with Gasteiger partial charge in [-0.2, -0.15) is 0 Å². The van der Waals surface area contributed by atoms with Crippen LogP contribution in [0.4, 0.5) is 10.1 Å². The molecule has 0 saturated heterocycles. The predicted molar refractivity (Wildman–Crippen MR) is 104 cm³/mol. The second kappa shape index (κ2) is 6.84. The van der Waals surface area contributed by atoms with E-state index in [4.69, 9.17) is 0 Å². The fourth-order valence-electron chi connectivity index (χ4n) is 3.09. The first-order chi connectivity index (χ1) is 12.7. The van der Waals surface area contributed by atoms with Crippen molar-refractivity contribution in [1.82, 2.24) is 9.97 Å². The molecule has 128 valence electrons. The van der Waals surface area contributed by atoms with Gasteiger partial charge in [-0.15, -0.1) is 0 Å². The molecule has 0 atom stereocenters. The molecule has 2 N–H and O–H groups in total. The molecule has 4 aromatic rings. The zero-order valence-electron chi connectivity index (χ0n) is 14.2. The third kappa shape index (κ3) is 3.35. The molecule has 26 heavy (non-hydrogen) atoms. The summed E-state index contributed by atoms with van der Waals surface area (Å²) in [6, 6.07) is 18.8. The minimum Gasteiger partial charge on any atom is -0.359 e. The number of pyridine rings is 1. The Morgan fingerprint density at radius 2 is 1.92 bits per heavy atom. The van der Waals surface area contributed by atoms with Crippen LogP contribution in [0.1, 0.15) is 5.56 Å². The number of hydrogen-bond donors (Lipinski definition) is 2. The van der Waals surface area contributed by atoms with E-state index in [9.17, 15) is 4.39 Å². The predicted octanol–water partition coefficient (Wildman–Crippen LogP) is 5.54. The van der Waals surface area contributed by atoms with E-state index >= 15 is 0 Å². The molecule has 3 nitrogen and oxygen atoms in total. The van der Waals surface area contributed by atoms with Crippen LogP contribution in [-0.2, 0) is 6.42 Å². The highest BCUT2D eigenvalue weighted by molar-refractivity contribution is 5.93. The molecule has 0 aliphatic rings. The zero-order valence-corrected chi connectivity index (χ0v) is 14.2. The standard InChI is InChI=1S/C22H18FN3/c1-15(13-16-3-2-4-18(23)14-16)26-19-7-5-17(6-8-19)20-9-11-24-22-21(20)10-12-25-22/h2-12,14,26H,1,13H2,(H,24,25). The summed E-state index contributed by atoms with van der Waals surface area (Å²) in [5.41, 5.74) is 5.81. The van der Waals surface area contributed by atoms with Gasteiger partial charge in [-0.05, 0) is 53.1 Å². The minimum absolute atomic E-state index is 0.229. The third-order valence-corrected chi connectivity index (χ3v) is 4.28. The maximum Gasteiger partial charge on any atom is 0.137 e. The lowest BCUT2D eigenvalue weighted by atomic mass is 10.0. The van der Waals surface area contributed by atoms with Gasteiger partial charge in [-0.3, -0.25) is 0 Å². The number of hydrogen-bond acceptors (Lipinski definition) is 2. The number of nitrogens with zero attached hydrogens (tertiary/aromatic N) is 1. The van der Waals surface area contributed by atoms with Crippen molar-refractivity contribution in [3.8, 4) is 11.1 Å². The van der Waals surface area contributed by atoms with Crippen molar-refractivity contribution >= 4 is 16.7 Å². The van der Waals surface area contributed by atoms with E-state index in [1.54, 1.807) is 12.3 Å². The molecule has 0 aliphatic heterocycles. The van der Waals surface area contributed by atoms with Crippen molar-refractivity contribution in [2.45, 2.75) is 6.42 Å². The molecule has 2 aromatic carbocycles. The topological polar surface area (TPSA) is 40.7 Å². The van der Waals surface area contributed by atoms with Crippen molar-refractivity contribution < 1.29 is 4.39 Å². The summed E-state index contributed by atoms with van der Waals surface area (Å²) < 4.78 is 13.3. The van der Waals surface area contributed by atoms with Crippen LogP contribution < -0.4 is 5.32 Å². The van der Waals surface area contributed by atoms with Gasteiger partial charge >= 0.3 is 0 Å². The van der Waals surface area contributed by atoms with E-state index in [2.05, 4.69) is 34.0 Å². The summed E-state index contributed by atoms with van der Waals surface area (Å²) in [6.07, 6.45) is 4.28. The maximum atomic E-state index is 13.3. The molecule has 0 unspecified atom stereocenters. The number of halogens is 1. The first-order valence-corrected chi connectivity index (χ1v) is 8.41. The van der Waals surface area contributed by atoms with E-state index in [0.717, 1.165) is 39.1 Å². The molecule has 0 amide bonds. The van der Waals surface area contributed by atoms with Crippen LogP contribution in [0.5, 0.6) is 0 Å². The van der Waals surface area contributed by atoms with E-state index in [1.165, 1.54) is 12.1 Å². The first kappa shape index (κ1) is 16.1. The van der Waals surface area contributed by atoms with E-state index < -0.39 is 0 Å². The molecular formula is C22H18FN3. The Morgan fingerprint density at radius 3 is 2.73 bits per heavy atom. The molecule has 2 heterocycles. The summed E-state index contributed by atoms with van der Waals surface area (Å²) in [6.45, 7) is 4.04. The number of aromatic nitrogens is 2. The average Bonchev–Trinajstić information content (AvgIpc) is 3.11. The van der Waals surface area contributed by atoms with Crippen LogP contribution in [-0.4, -0.2) is 9.97 Å². The summed E-state index contributed by atoms with van der Waals surface area (Å²) in [5.74, 6) is -0.229. The van der Waals surface area contributed by atoms with Crippen LogP contribution in [0.2, 0.25) is 0 Å². The fourth-order valence-corrected chi connectivity index (χ4v) is 3.09. The van der Waals surface area contributed by atoms with Crippen LogP contribution in [0, 0.1) is 5.82 Å². The van der Waals surface area contributed by atoms with Crippen molar-refractivity contribution in [1.29, 1.82) is 0 Å². The van der Waals surface area contributed by atoms with Crippen LogP contribution in [0.25, 0.3) is 22.2 Å². The van der Waals surface area contributed by atoms with Gasteiger partial charge in [0.25, 0.3) is 0 Å². The zero-order chi connectivity index (χ0) is 17.9. The average molecular weight is 343 g/mol. The number of nitrogens with one attached hydrogen (secondary N) is 2. The minimum atomic E-state index is -0.229. The SMILES string of the molecule is C=C(Cc1cccc(F)c1)Nc1ccc(-c2ccnc3[nH]ccc23)cc1. The monoisotopic (exact) mass is 343 g/mol. The van der Waals surface area contributed by atoms with Gasteiger partial charge in [-0.25, -0.2) is 9.37 Å². The highest BCUT2D eigenvalue weighted by Crippen LogP contribution is 2.28. The number of aromatic amines is 1. The first-order valence-electron chi connectivity index (χ1n) is 8.41. The lowest BCUT2D eigenvalue weighted by Crippen LogP contribution is -2.01. The Balaban J connectivity index is 1.49. The molecule has 0 bridgehead atoms. The van der Waals surface area contributed by atoms with Gasteiger partial charge in [-0.1, -0.05) is 30.8 Å². The van der Waals surface area contributed by atoms with Crippen molar-refractivity contribution in [2.75, 3.05) is 5.32 Å². The highest BCUT2D eigenvalue weighted by Gasteiger charge is 2.06. The van der Waals surface area contributed by atoms with E-state index in [0.29, 0.717) is 6.42 Å². The van der Waals surface area contributed by atoms with Crippen molar-refractivity contribution in [2.24, 2.45) is 0 Å².